The van der Waals surface area contributed by atoms with Gasteiger partial charge >= 0.3 is 0 Å². The molecule has 0 atom stereocenters. The lowest BCUT2D eigenvalue weighted by atomic mass is 9.84. The van der Waals surface area contributed by atoms with Crippen molar-refractivity contribution in [3.63, 3.8) is 0 Å². The Morgan fingerprint density at radius 1 is 0.708 bits per heavy atom. The van der Waals surface area contributed by atoms with E-state index in [2.05, 4.69) is 38.1 Å². The van der Waals surface area contributed by atoms with Crippen LogP contribution in [0.3, 0.4) is 0 Å². The summed E-state index contributed by atoms with van der Waals surface area (Å²) in [5.41, 5.74) is 3.57. The molecule has 0 spiro atoms. The van der Waals surface area contributed by atoms with Gasteiger partial charge in [-0.2, -0.15) is 0 Å². The van der Waals surface area contributed by atoms with Crippen molar-refractivity contribution in [1.29, 1.82) is 0 Å². The van der Waals surface area contributed by atoms with Crippen LogP contribution in [-0.2, 0) is 0 Å². The van der Waals surface area contributed by atoms with Crippen molar-refractivity contribution in [1.82, 2.24) is 0 Å². The van der Waals surface area contributed by atoms with E-state index in [1.807, 2.05) is 18.2 Å². The Balaban J connectivity index is 2.29. The lowest BCUT2D eigenvalue weighted by Gasteiger charge is -2.21. The van der Waals surface area contributed by atoms with Crippen molar-refractivity contribution in [2.75, 3.05) is 0 Å². The molecule has 2 rings (SSSR count). The molecule has 0 aromatic heterocycles. The third-order valence-electron chi connectivity index (χ3n) is 4.91. The minimum absolute atomic E-state index is 0.380. The molecule has 0 unspecified atom stereocenters. The average molecular weight is 325 g/mol. The highest BCUT2D eigenvalue weighted by Crippen LogP contribution is 2.38. The molecule has 0 fully saturated rings. The zero-order chi connectivity index (χ0) is 17.2. The Kier molecular flexibility index (Phi) is 7.88. The Bertz CT molecular complexity index is 592. The van der Waals surface area contributed by atoms with Gasteiger partial charge in [-0.05, 0) is 36.0 Å². The van der Waals surface area contributed by atoms with Crippen LogP contribution in [0.4, 0.5) is 0 Å². The molecule has 0 aliphatic carbocycles. The highest BCUT2D eigenvalue weighted by atomic mass is 16.3. The zero-order valence-corrected chi connectivity index (χ0v) is 15.3. The van der Waals surface area contributed by atoms with Crippen molar-refractivity contribution < 1.29 is 5.11 Å². The first-order valence-electron chi connectivity index (χ1n) is 9.65. The predicted molar refractivity (Wildman–Crippen MR) is 105 cm³/mol. The molecular weight excluding hydrogens is 292 g/mol. The highest BCUT2D eigenvalue weighted by Gasteiger charge is 2.17. The number of hydrogen-bond donors (Lipinski definition) is 1. The molecule has 0 heterocycles. The van der Waals surface area contributed by atoms with Gasteiger partial charge in [0.25, 0.3) is 0 Å². The summed E-state index contributed by atoms with van der Waals surface area (Å²) in [7, 11) is 0. The minimum atomic E-state index is 0.380. The molecule has 0 radical (unpaired) electrons. The van der Waals surface area contributed by atoms with Gasteiger partial charge in [0.2, 0.25) is 0 Å². The van der Waals surface area contributed by atoms with Gasteiger partial charge < -0.3 is 5.11 Å². The molecule has 1 N–H and O–H groups in total. The van der Waals surface area contributed by atoms with Crippen LogP contribution in [0.25, 0.3) is 11.1 Å². The molecule has 0 aliphatic rings. The van der Waals surface area contributed by atoms with Crippen LogP contribution in [0.15, 0.2) is 48.5 Å². The third-order valence-corrected chi connectivity index (χ3v) is 4.91. The van der Waals surface area contributed by atoms with Gasteiger partial charge in [0.1, 0.15) is 5.75 Å². The van der Waals surface area contributed by atoms with Crippen molar-refractivity contribution in [2.24, 2.45) is 0 Å². The van der Waals surface area contributed by atoms with E-state index in [4.69, 9.17) is 0 Å². The standard InChI is InChI=1S/C23H32O/c1-3-5-7-13-19(14-8-6-4-2)20-15-9-10-16-21(20)22-17-11-12-18-23(22)24/h9-12,15-19,24H,3-8,13-14H2,1-2H3. The molecule has 2 aromatic rings. The number of benzene rings is 2. The molecule has 0 aliphatic heterocycles. The van der Waals surface area contributed by atoms with Gasteiger partial charge in [-0.25, -0.2) is 0 Å². The maximum atomic E-state index is 10.3. The Hall–Kier alpha value is -1.76. The first kappa shape index (κ1) is 18.6. The van der Waals surface area contributed by atoms with Crippen molar-refractivity contribution in [3.05, 3.63) is 54.1 Å². The third kappa shape index (κ3) is 5.12. The maximum Gasteiger partial charge on any atom is 0.123 e. The van der Waals surface area contributed by atoms with E-state index in [0.717, 1.165) is 5.56 Å². The lowest BCUT2D eigenvalue weighted by molar-refractivity contribution is 0.476. The predicted octanol–water partition coefficient (Wildman–Crippen LogP) is 7.30. The number of phenols is 1. The van der Waals surface area contributed by atoms with E-state index in [1.165, 1.54) is 62.5 Å². The summed E-state index contributed by atoms with van der Waals surface area (Å²) in [5, 5.41) is 10.3. The van der Waals surface area contributed by atoms with E-state index >= 15 is 0 Å². The number of aromatic hydroxyl groups is 1. The minimum Gasteiger partial charge on any atom is -0.507 e. The SMILES string of the molecule is CCCCCC(CCCCC)c1ccccc1-c1ccccc1O. The zero-order valence-electron chi connectivity index (χ0n) is 15.3. The van der Waals surface area contributed by atoms with E-state index in [9.17, 15) is 5.11 Å². The van der Waals surface area contributed by atoms with Crippen LogP contribution in [0, 0.1) is 0 Å². The number of unbranched alkanes of at least 4 members (excludes halogenated alkanes) is 4. The molecule has 1 nitrogen and oxygen atoms in total. The fourth-order valence-corrected chi connectivity index (χ4v) is 3.54. The second-order valence-electron chi connectivity index (χ2n) is 6.79. The van der Waals surface area contributed by atoms with Crippen LogP contribution in [-0.4, -0.2) is 5.11 Å². The second-order valence-corrected chi connectivity index (χ2v) is 6.79. The van der Waals surface area contributed by atoms with E-state index < -0.39 is 0 Å². The largest absolute Gasteiger partial charge is 0.507 e. The number of hydrogen-bond acceptors (Lipinski definition) is 1. The summed E-state index contributed by atoms with van der Waals surface area (Å²) in [5.74, 6) is 0.977. The van der Waals surface area contributed by atoms with Gasteiger partial charge in [0.15, 0.2) is 0 Å². The van der Waals surface area contributed by atoms with Crippen LogP contribution in [0.5, 0.6) is 5.75 Å². The summed E-state index contributed by atoms with van der Waals surface area (Å²) < 4.78 is 0. The molecule has 0 amide bonds. The monoisotopic (exact) mass is 324 g/mol. The maximum absolute atomic E-state index is 10.3. The molecule has 24 heavy (non-hydrogen) atoms. The van der Waals surface area contributed by atoms with Gasteiger partial charge in [0, 0.05) is 5.56 Å². The smallest absolute Gasteiger partial charge is 0.123 e. The molecular formula is C23H32O. The van der Waals surface area contributed by atoms with Gasteiger partial charge in [-0.15, -0.1) is 0 Å². The highest BCUT2D eigenvalue weighted by molar-refractivity contribution is 5.73. The Morgan fingerprint density at radius 3 is 1.83 bits per heavy atom. The summed E-state index contributed by atoms with van der Waals surface area (Å²) in [6, 6.07) is 16.4. The first-order chi connectivity index (χ1) is 11.8. The van der Waals surface area contributed by atoms with E-state index in [0.29, 0.717) is 11.7 Å². The fraction of sp³-hybridized carbons (Fsp3) is 0.478. The molecule has 1 heteroatoms. The average Bonchev–Trinajstić information content (AvgIpc) is 2.61. The fourth-order valence-electron chi connectivity index (χ4n) is 3.54. The van der Waals surface area contributed by atoms with Crippen LogP contribution < -0.4 is 0 Å². The Morgan fingerprint density at radius 2 is 1.25 bits per heavy atom. The molecule has 2 aromatic carbocycles. The van der Waals surface area contributed by atoms with Gasteiger partial charge in [0.05, 0.1) is 0 Å². The van der Waals surface area contributed by atoms with Gasteiger partial charge in [-0.3, -0.25) is 0 Å². The Labute approximate surface area is 147 Å². The second kappa shape index (κ2) is 10.2. The topological polar surface area (TPSA) is 20.2 Å². The quantitative estimate of drug-likeness (QED) is 0.454. The summed E-state index contributed by atoms with van der Waals surface area (Å²) in [4.78, 5) is 0. The van der Waals surface area contributed by atoms with Crippen LogP contribution in [0.1, 0.15) is 76.7 Å². The lowest BCUT2D eigenvalue weighted by Crippen LogP contribution is -2.02. The number of rotatable bonds is 10. The van der Waals surface area contributed by atoms with E-state index in [-0.39, 0.29) is 0 Å². The summed E-state index contributed by atoms with van der Waals surface area (Å²) in [6.07, 6.45) is 10.2. The molecule has 0 saturated heterocycles. The van der Waals surface area contributed by atoms with E-state index in [1.54, 1.807) is 6.07 Å². The van der Waals surface area contributed by atoms with Gasteiger partial charge in [-0.1, -0.05) is 94.8 Å². The number of phenolic OH excluding ortho intramolecular Hbond substituents is 1. The van der Waals surface area contributed by atoms with Crippen LogP contribution in [0.2, 0.25) is 0 Å². The molecule has 0 bridgehead atoms. The molecule has 130 valence electrons. The molecule has 0 saturated carbocycles. The van der Waals surface area contributed by atoms with Crippen LogP contribution >= 0.6 is 0 Å². The summed E-state index contributed by atoms with van der Waals surface area (Å²) in [6.45, 7) is 4.53. The van der Waals surface area contributed by atoms with Crippen molar-refractivity contribution in [2.45, 2.75) is 71.1 Å². The normalized spacial score (nSPS) is 11.1. The first-order valence-corrected chi connectivity index (χ1v) is 9.65. The van der Waals surface area contributed by atoms with Crippen molar-refractivity contribution >= 4 is 0 Å². The van der Waals surface area contributed by atoms with Crippen molar-refractivity contribution in [3.8, 4) is 16.9 Å². The summed E-state index contributed by atoms with van der Waals surface area (Å²) >= 11 is 0. The number of para-hydroxylation sites is 1.